The maximum Gasteiger partial charge on any atom is 0.326 e. The van der Waals surface area contributed by atoms with Gasteiger partial charge in [-0.3, -0.25) is 28.8 Å². The number of amides is 6. The SMILES string of the molecule is CC(C)[C@H](NC(=O)C(O)NC(=O)[C@H](CC(N)=O)NC(=O)[C@H](CCCCN)NC(=O)[C@H](Cc1ccccc1)NC(=O)CCO)C(=O)O. The Morgan fingerprint density at radius 2 is 1.37 bits per heavy atom. The number of aliphatic hydroxyl groups excluding tert-OH is 2. The largest absolute Gasteiger partial charge is 0.480 e. The minimum Gasteiger partial charge on any atom is -0.480 e. The number of unbranched alkanes of at least 4 members (excludes halogenated alkanes) is 1. The Morgan fingerprint density at radius 1 is 0.783 bits per heavy atom. The molecule has 0 aliphatic heterocycles. The number of carboxylic acid groups (broad SMARTS) is 1. The van der Waals surface area contributed by atoms with Crippen molar-refractivity contribution in [1.82, 2.24) is 26.6 Å². The van der Waals surface area contributed by atoms with Crippen molar-refractivity contribution in [2.75, 3.05) is 13.2 Å². The number of nitrogens with two attached hydrogens (primary N) is 2. The Kier molecular flexibility index (Phi) is 17.5. The maximum atomic E-state index is 13.4. The first-order valence-electron chi connectivity index (χ1n) is 14.7. The van der Waals surface area contributed by atoms with E-state index in [1.807, 2.05) is 5.32 Å². The summed E-state index contributed by atoms with van der Waals surface area (Å²) in [6, 6.07) is 3.19. The summed E-state index contributed by atoms with van der Waals surface area (Å²) in [6.45, 7) is 2.85. The fraction of sp³-hybridized carbons (Fsp3) is 0.552. The summed E-state index contributed by atoms with van der Waals surface area (Å²) in [5, 5.41) is 39.9. The van der Waals surface area contributed by atoms with Gasteiger partial charge in [-0.05, 0) is 37.3 Å². The molecule has 0 bridgehead atoms. The van der Waals surface area contributed by atoms with Crippen molar-refractivity contribution >= 4 is 41.4 Å². The monoisotopic (exact) mass is 651 g/mol. The molecule has 46 heavy (non-hydrogen) atoms. The number of hydrogen-bond acceptors (Lipinski definition) is 10. The maximum absolute atomic E-state index is 13.4. The lowest BCUT2D eigenvalue weighted by atomic mass is 10.0. The van der Waals surface area contributed by atoms with E-state index in [4.69, 9.17) is 16.6 Å². The highest BCUT2D eigenvalue weighted by Gasteiger charge is 2.33. The van der Waals surface area contributed by atoms with Crippen molar-refractivity contribution in [3.8, 4) is 0 Å². The molecule has 0 saturated heterocycles. The van der Waals surface area contributed by atoms with E-state index in [9.17, 15) is 43.8 Å². The van der Waals surface area contributed by atoms with Crippen molar-refractivity contribution < 1.29 is 48.9 Å². The number of nitrogens with one attached hydrogen (secondary N) is 5. The zero-order valence-corrected chi connectivity index (χ0v) is 25.9. The topological polar surface area (TPSA) is 292 Å². The van der Waals surface area contributed by atoms with Crippen LogP contribution in [0.15, 0.2) is 30.3 Å². The van der Waals surface area contributed by atoms with E-state index in [-0.39, 0.29) is 25.8 Å². The molecule has 256 valence electrons. The number of aliphatic hydroxyl groups is 2. The summed E-state index contributed by atoms with van der Waals surface area (Å²) in [5.74, 6) is -7.68. The Hall–Kier alpha value is -4.61. The van der Waals surface area contributed by atoms with Crippen molar-refractivity contribution in [1.29, 1.82) is 0 Å². The van der Waals surface area contributed by atoms with E-state index < -0.39 is 90.8 Å². The number of aliphatic carboxylic acids is 1. The van der Waals surface area contributed by atoms with Gasteiger partial charge in [0.15, 0.2) is 0 Å². The molecule has 1 aromatic carbocycles. The van der Waals surface area contributed by atoms with E-state index in [0.717, 1.165) is 0 Å². The second kappa shape index (κ2) is 20.4. The highest BCUT2D eigenvalue weighted by molar-refractivity contribution is 5.97. The summed E-state index contributed by atoms with van der Waals surface area (Å²) < 4.78 is 0. The lowest BCUT2D eigenvalue weighted by Crippen LogP contribution is -2.59. The Morgan fingerprint density at radius 3 is 1.91 bits per heavy atom. The van der Waals surface area contributed by atoms with Crippen LogP contribution in [0.3, 0.4) is 0 Å². The first kappa shape index (κ1) is 39.4. The van der Waals surface area contributed by atoms with Gasteiger partial charge in [0.05, 0.1) is 13.0 Å². The molecule has 0 aliphatic rings. The van der Waals surface area contributed by atoms with Gasteiger partial charge in [-0.25, -0.2) is 4.79 Å². The number of carbonyl (C=O) groups excluding carboxylic acids is 6. The molecule has 0 fully saturated rings. The Labute approximate surface area is 266 Å². The molecule has 17 heteroatoms. The first-order chi connectivity index (χ1) is 21.7. The molecule has 0 radical (unpaired) electrons. The highest BCUT2D eigenvalue weighted by atomic mass is 16.4. The summed E-state index contributed by atoms with van der Waals surface area (Å²) >= 11 is 0. The second-order valence-corrected chi connectivity index (χ2v) is 10.8. The molecule has 1 unspecified atom stereocenters. The first-order valence-corrected chi connectivity index (χ1v) is 14.7. The molecule has 0 heterocycles. The van der Waals surface area contributed by atoms with Crippen LogP contribution in [0.2, 0.25) is 0 Å². The van der Waals surface area contributed by atoms with Gasteiger partial charge in [0.25, 0.3) is 5.91 Å². The molecular formula is C29H45N7O10. The van der Waals surface area contributed by atoms with Crippen LogP contribution < -0.4 is 38.1 Å². The van der Waals surface area contributed by atoms with Crippen LogP contribution in [0.25, 0.3) is 0 Å². The van der Waals surface area contributed by atoms with Crippen LogP contribution in [0.4, 0.5) is 0 Å². The van der Waals surface area contributed by atoms with Gasteiger partial charge in [0.2, 0.25) is 35.8 Å². The molecule has 17 nitrogen and oxygen atoms in total. The van der Waals surface area contributed by atoms with Crippen LogP contribution in [-0.2, 0) is 40.0 Å². The standard InChI is InChI=1S/C29H45N7O10/c1-16(2)23(29(45)46)35-27(43)28(44)36-26(42)20(15-21(31)38)34-24(40)18(10-6-7-12-30)33-25(41)19(32-22(39)11-13-37)14-17-8-4-3-5-9-17/h3-5,8-9,16,18-20,23,28,37,44H,6-7,10-15,30H2,1-2H3,(H2,31,38)(H,32,39)(H,33,41)(H,34,40)(H,35,43)(H,36,42)(H,45,46)/t18-,19-,20-,23-,28?/m0/s1. The smallest absolute Gasteiger partial charge is 0.326 e. The second-order valence-electron chi connectivity index (χ2n) is 10.8. The van der Waals surface area contributed by atoms with Crippen LogP contribution in [0.5, 0.6) is 0 Å². The number of rotatable bonds is 21. The van der Waals surface area contributed by atoms with Crippen LogP contribution in [0.1, 0.15) is 51.5 Å². The van der Waals surface area contributed by atoms with Crippen molar-refractivity contribution in [3.05, 3.63) is 35.9 Å². The molecule has 6 amide bonds. The van der Waals surface area contributed by atoms with Gasteiger partial charge in [0.1, 0.15) is 24.2 Å². The van der Waals surface area contributed by atoms with Gasteiger partial charge < -0.3 is 53.4 Å². The average molecular weight is 652 g/mol. The summed E-state index contributed by atoms with van der Waals surface area (Å²) in [5.41, 5.74) is 11.5. The fourth-order valence-corrected chi connectivity index (χ4v) is 4.19. The molecule has 0 saturated carbocycles. The van der Waals surface area contributed by atoms with Crippen molar-refractivity contribution in [2.45, 2.75) is 82.8 Å². The van der Waals surface area contributed by atoms with E-state index in [2.05, 4.69) is 21.3 Å². The normalized spacial score (nSPS) is 14.1. The van der Waals surface area contributed by atoms with Crippen LogP contribution >= 0.6 is 0 Å². The average Bonchev–Trinajstić information content (AvgIpc) is 2.98. The predicted octanol–water partition coefficient (Wildman–Crippen LogP) is -3.27. The molecule has 12 N–H and O–H groups in total. The molecule has 0 spiro atoms. The zero-order valence-electron chi connectivity index (χ0n) is 25.9. The molecule has 0 aliphatic carbocycles. The predicted molar refractivity (Wildman–Crippen MR) is 163 cm³/mol. The summed E-state index contributed by atoms with van der Waals surface area (Å²) in [4.78, 5) is 87.4. The lowest BCUT2D eigenvalue weighted by molar-refractivity contribution is -0.146. The van der Waals surface area contributed by atoms with E-state index in [1.54, 1.807) is 30.3 Å². The minimum absolute atomic E-state index is 0.0408. The number of hydrogen-bond donors (Lipinski definition) is 10. The van der Waals surface area contributed by atoms with Gasteiger partial charge in [-0.1, -0.05) is 44.2 Å². The summed E-state index contributed by atoms with van der Waals surface area (Å²) in [6.07, 6.45) is -2.34. The highest BCUT2D eigenvalue weighted by Crippen LogP contribution is 2.08. The molecular weight excluding hydrogens is 606 g/mol. The number of carbonyl (C=O) groups is 7. The van der Waals surface area contributed by atoms with E-state index >= 15 is 0 Å². The zero-order chi connectivity index (χ0) is 34.8. The molecule has 1 aromatic rings. The molecule has 5 atom stereocenters. The Bertz CT molecular complexity index is 1200. The van der Waals surface area contributed by atoms with Crippen LogP contribution in [-0.4, -0.2) is 100 Å². The number of carboxylic acids is 1. The third-order valence-electron chi connectivity index (χ3n) is 6.65. The van der Waals surface area contributed by atoms with Crippen molar-refractivity contribution in [2.24, 2.45) is 17.4 Å². The molecule has 1 rings (SSSR count). The van der Waals surface area contributed by atoms with Gasteiger partial charge in [-0.15, -0.1) is 0 Å². The minimum atomic E-state index is -2.25. The van der Waals surface area contributed by atoms with Crippen LogP contribution in [0, 0.1) is 5.92 Å². The van der Waals surface area contributed by atoms with Crippen molar-refractivity contribution in [3.63, 3.8) is 0 Å². The van der Waals surface area contributed by atoms with Gasteiger partial charge >= 0.3 is 5.97 Å². The third kappa shape index (κ3) is 14.4. The summed E-state index contributed by atoms with van der Waals surface area (Å²) in [7, 11) is 0. The third-order valence-corrected chi connectivity index (χ3v) is 6.65. The van der Waals surface area contributed by atoms with Gasteiger partial charge in [0, 0.05) is 12.8 Å². The quantitative estimate of drug-likeness (QED) is 0.0465. The van der Waals surface area contributed by atoms with E-state index in [0.29, 0.717) is 18.4 Å². The lowest BCUT2D eigenvalue weighted by Gasteiger charge is -2.26. The number of primary amides is 1. The van der Waals surface area contributed by atoms with E-state index in [1.165, 1.54) is 13.8 Å². The molecule has 0 aromatic heterocycles. The fourth-order valence-electron chi connectivity index (χ4n) is 4.19. The Balaban J connectivity index is 3.14. The number of benzene rings is 1. The van der Waals surface area contributed by atoms with Gasteiger partial charge in [-0.2, -0.15) is 0 Å².